The van der Waals surface area contributed by atoms with Crippen molar-refractivity contribution in [1.82, 2.24) is 0 Å². The molecule has 5 heteroatoms. The molecule has 0 radical (unpaired) electrons. The third kappa shape index (κ3) is 3.01. The van der Waals surface area contributed by atoms with Gasteiger partial charge in [0.15, 0.2) is 6.10 Å². The normalized spacial score (nSPS) is 12.4. The first-order chi connectivity index (χ1) is 7.56. The van der Waals surface area contributed by atoms with Crippen molar-refractivity contribution in [2.75, 3.05) is 13.2 Å². The maximum Gasteiger partial charge on any atom is 0.337 e. The molecule has 1 atom stereocenters. The summed E-state index contributed by atoms with van der Waals surface area (Å²) in [6.07, 6.45) is -1.17. The number of aliphatic carboxylic acids is 1. The van der Waals surface area contributed by atoms with E-state index in [0.717, 1.165) is 0 Å². The quantitative estimate of drug-likeness (QED) is 0.796. The molecule has 0 amide bonds. The molecule has 0 heterocycles. The number of hydrogen-bond acceptors (Lipinski definition) is 3. The smallest absolute Gasteiger partial charge is 0.337 e. The number of halogens is 1. The number of benzene rings is 1. The number of aliphatic hydroxyl groups is 1. The van der Waals surface area contributed by atoms with Gasteiger partial charge in [0.2, 0.25) is 0 Å². The number of carboxylic acid groups (broad SMARTS) is 1. The van der Waals surface area contributed by atoms with Crippen LogP contribution in [0, 0.1) is 12.7 Å². The molecule has 0 bridgehead atoms. The van der Waals surface area contributed by atoms with Crippen LogP contribution >= 0.6 is 0 Å². The van der Waals surface area contributed by atoms with Crippen LogP contribution in [0.3, 0.4) is 0 Å². The Hall–Kier alpha value is -1.46. The first kappa shape index (κ1) is 12.6. The van der Waals surface area contributed by atoms with Crippen molar-refractivity contribution in [3.63, 3.8) is 0 Å². The summed E-state index contributed by atoms with van der Waals surface area (Å²) >= 11 is 0. The summed E-state index contributed by atoms with van der Waals surface area (Å²) in [7, 11) is 0. The highest BCUT2D eigenvalue weighted by Crippen LogP contribution is 2.22. The van der Waals surface area contributed by atoms with Crippen LogP contribution in [0.2, 0.25) is 0 Å². The number of aliphatic hydroxyl groups excluding tert-OH is 1. The summed E-state index contributed by atoms with van der Waals surface area (Å²) < 4.78 is 17.8. The molecule has 1 rings (SSSR count). The van der Waals surface area contributed by atoms with Crippen molar-refractivity contribution in [1.29, 1.82) is 0 Å². The predicted molar refractivity (Wildman–Crippen MR) is 54.6 cm³/mol. The molecule has 0 spiro atoms. The summed E-state index contributed by atoms with van der Waals surface area (Å²) in [6, 6.07) is 3.80. The molecule has 1 aromatic carbocycles. The Balaban J connectivity index is 2.96. The van der Waals surface area contributed by atoms with Gasteiger partial charge >= 0.3 is 5.97 Å². The van der Waals surface area contributed by atoms with E-state index < -0.39 is 17.9 Å². The zero-order chi connectivity index (χ0) is 12.1. The van der Waals surface area contributed by atoms with E-state index in [2.05, 4.69) is 0 Å². The Kier molecular flexibility index (Phi) is 4.39. The van der Waals surface area contributed by atoms with Gasteiger partial charge in [0.1, 0.15) is 5.82 Å². The molecular formula is C11H13FO4. The average Bonchev–Trinajstić information content (AvgIpc) is 2.20. The van der Waals surface area contributed by atoms with Gasteiger partial charge in [-0.05, 0) is 30.2 Å². The van der Waals surface area contributed by atoms with Crippen molar-refractivity contribution < 1.29 is 24.1 Å². The third-order valence-corrected chi connectivity index (χ3v) is 2.11. The SMILES string of the molecule is Cc1cc(F)ccc1C(OCCO)C(=O)O. The first-order valence-corrected chi connectivity index (χ1v) is 4.77. The molecule has 0 aliphatic rings. The van der Waals surface area contributed by atoms with Crippen LogP contribution in [0.5, 0.6) is 0 Å². The summed E-state index contributed by atoms with van der Waals surface area (Å²) in [5.74, 6) is -1.59. The van der Waals surface area contributed by atoms with Gasteiger partial charge in [-0.25, -0.2) is 9.18 Å². The van der Waals surface area contributed by atoms with E-state index in [0.29, 0.717) is 11.1 Å². The Morgan fingerprint density at radius 2 is 2.25 bits per heavy atom. The fraction of sp³-hybridized carbons (Fsp3) is 0.364. The van der Waals surface area contributed by atoms with Crippen LogP contribution < -0.4 is 0 Å². The van der Waals surface area contributed by atoms with Crippen LogP contribution in [0.4, 0.5) is 4.39 Å². The molecule has 0 aromatic heterocycles. The van der Waals surface area contributed by atoms with Gasteiger partial charge in [-0.15, -0.1) is 0 Å². The lowest BCUT2D eigenvalue weighted by atomic mass is 10.0. The van der Waals surface area contributed by atoms with Crippen LogP contribution in [0.15, 0.2) is 18.2 Å². The fourth-order valence-electron chi connectivity index (χ4n) is 1.40. The van der Waals surface area contributed by atoms with Gasteiger partial charge in [-0.2, -0.15) is 0 Å². The molecule has 88 valence electrons. The molecule has 0 fully saturated rings. The molecule has 16 heavy (non-hydrogen) atoms. The predicted octanol–water partition coefficient (Wildman–Crippen LogP) is 1.27. The second-order valence-corrected chi connectivity index (χ2v) is 3.31. The molecular weight excluding hydrogens is 215 g/mol. The second kappa shape index (κ2) is 5.58. The number of rotatable bonds is 5. The molecule has 0 aliphatic carbocycles. The minimum absolute atomic E-state index is 0.0756. The van der Waals surface area contributed by atoms with E-state index in [4.69, 9.17) is 14.9 Å². The van der Waals surface area contributed by atoms with Crippen molar-refractivity contribution in [3.05, 3.63) is 35.1 Å². The highest BCUT2D eigenvalue weighted by atomic mass is 19.1. The molecule has 0 aliphatic heterocycles. The average molecular weight is 228 g/mol. The van der Waals surface area contributed by atoms with E-state index in [9.17, 15) is 9.18 Å². The number of ether oxygens (including phenoxy) is 1. The van der Waals surface area contributed by atoms with Gasteiger partial charge in [0.25, 0.3) is 0 Å². The van der Waals surface area contributed by atoms with Crippen molar-refractivity contribution in [2.24, 2.45) is 0 Å². The highest BCUT2D eigenvalue weighted by molar-refractivity contribution is 5.74. The molecule has 2 N–H and O–H groups in total. The number of hydrogen-bond donors (Lipinski definition) is 2. The lowest BCUT2D eigenvalue weighted by Crippen LogP contribution is -2.18. The number of aryl methyl sites for hydroxylation is 1. The van der Waals surface area contributed by atoms with E-state index >= 15 is 0 Å². The van der Waals surface area contributed by atoms with E-state index in [1.807, 2.05) is 0 Å². The molecule has 4 nitrogen and oxygen atoms in total. The maximum absolute atomic E-state index is 12.8. The largest absolute Gasteiger partial charge is 0.479 e. The Labute approximate surface area is 92.3 Å². The molecule has 1 unspecified atom stereocenters. The second-order valence-electron chi connectivity index (χ2n) is 3.31. The number of carbonyl (C=O) groups is 1. The zero-order valence-corrected chi connectivity index (χ0v) is 8.81. The lowest BCUT2D eigenvalue weighted by Gasteiger charge is -2.15. The standard InChI is InChI=1S/C11H13FO4/c1-7-6-8(12)2-3-9(7)10(11(14)15)16-5-4-13/h2-3,6,10,13H,4-5H2,1H3,(H,14,15). The van der Waals surface area contributed by atoms with Crippen molar-refractivity contribution >= 4 is 5.97 Å². The first-order valence-electron chi connectivity index (χ1n) is 4.77. The summed E-state index contributed by atoms with van der Waals surface area (Å²) in [5, 5.41) is 17.5. The van der Waals surface area contributed by atoms with Gasteiger partial charge in [0, 0.05) is 0 Å². The van der Waals surface area contributed by atoms with Crippen LogP contribution in [0.1, 0.15) is 17.2 Å². The maximum atomic E-state index is 12.8. The molecule has 0 saturated heterocycles. The van der Waals surface area contributed by atoms with E-state index in [1.54, 1.807) is 6.92 Å². The van der Waals surface area contributed by atoms with E-state index in [-0.39, 0.29) is 13.2 Å². The van der Waals surface area contributed by atoms with Crippen molar-refractivity contribution in [3.8, 4) is 0 Å². The number of carboxylic acids is 1. The Morgan fingerprint density at radius 1 is 1.56 bits per heavy atom. The molecule has 0 saturated carbocycles. The van der Waals surface area contributed by atoms with Crippen molar-refractivity contribution in [2.45, 2.75) is 13.0 Å². The minimum atomic E-state index is -1.17. The summed E-state index contributed by atoms with van der Waals surface area (Å²) in [4.78, 5) is 10.9. The topological polar surface area (TPSA) is 66.8 Å². The van der Waals surface area contributed by atoms with Gasteiger partial charge in [-0.1, -0.05) is 6.07 Å². The fourth-order valence-corrected chi connectivity index (χ4v) is 1.40. The molecule has 1 aromatic rings. The van der Waals surface area contributed by atoms with Gasteiger partial charge in [-0.3, -0.25) is 0 Å². The Bertz CT molecular complexity index is 378. The van der Waals surface area contributed by atoms with Crippen LogP contribution in [-0.4, -0.2) is 29.4 Å². The van der Waals surface area contributed by atoms with Gasteiger partial charge < -0.3 is 14.9 Å². The Morgan fingerprint density at radius 3 is 2.75 bits per heavy atom. The summed E-state index contributed by atoms with van der Waals surface area (Å²) in [5.41, 5.74) is 0.896. The van der Waals surface area contributed by atoms with Crippen LogP contribution in [0.25, 0.3) is 0 Å². The lowest BCUT2D eigenvalue weighted by molar-refractivity contribution is -0.151. The van der Waals surface area contributed by atoms with E-state index in [1.165, 1.54) is 18.2 Å². The zero-order valence-electron chi connectivity index (χ0n) is 8.81. The van der Waals surface area contributed by atoms with Gasteiger partial charge in [0.05, 0.1) is 13.2 Å². The highest BCUT2D eigenvalue weighted by Gasteiger charge is 2.22. The minimum Gasteiger partial charge on any atom is -0.479 e. The summed E-state index contributed by atoms with van der Waals surface area (Å²) in [6.45, 7) is 1.27. The van der Waals surface area contributed by atoms with Crippen LogP contribution in [-0.2, 0) is 9.53 Å². The third-order valence-electron chi connectivity index (χ3n) is 2.11. The monoisotopic (exact) mass is 228 g/mol.